The number of halogens is 2. The summed E-state index contributed by atoms with van der Waals surface area (Å²) in [6, 6.07) is 7.49. The molecule has 1 aromatic carbocycles. The Balaban J connectivity index is 0.681. The van der Waals surface area contributed by atoms with E-state index >= 15 is 0 Å². The van der Waals surface area contributed by atoms with Crippen molar-refractivity contribution in [2.24, 2.45) is 5.92 Å². The fourth-order valence-corrected chi connectivity index (χ4v) is 10.7. The van der Waals surface area contributed by atoms with Gasteiger partial charge in [0.05, 0.1) is 65.5 Å². The van der Waals surface area contributed by atoms with E-state index < -0.39 is 30.5 Å². The Morgan fingerprint density at radius 3 is 2.53 bits per heavy atom. The highest BCUT2D eigenvalue weighted by Crippen LogP contribution is 2.43. The molecule has 2 aliphatic carbocycles. The van der Waals surface area contributed by atoms with Gasteiger partial charge in [-0.05, 0) is 89.3 Å². The molecule has 10 rings (SSSR count). The van der Waals surface area contributed by atoms with Crippen molar-refractivity contribution in [3.8, 4) is 5.75 Å². The van der Waals surface area contributed by atoms with Crippen molar-refractivity contribution >= 4 is 34.0 Å². The minimum atomic E-state index is -2.85. The molecule has 64 heavy (non-hydrogen) atoms. The molecule has 5 aliphatic rings. The Morgan fingerprint density at radius 2 is 1.78 bits per heavy atom. The smallest absolute Gasteiger partial charge is 0.284 e. The van der Waals surface area contributed by atoms with Gasteiger partial charge >= 0.3 is 0 Å². The number of aryl methyl sites for hydroxylation is 1. The zero-order valence-corrected chi connectivity index (χ0v) is 36.5. The van der Waals surface area contributed by atoms with Crippen molar-refractivity contribution in [1.29, 1.82) is 0 Å². The zero-order valence-electron chi connectivity index (χ0n) is 36.5. The van der Waals surface area contributed by atoms with E-state index in [1.807, 2.05) is 35.9 Å². The van der Waals surface area contributed by atoms with Gasteiger partial charge in [0.2, 0.25) is 0 Å². The number of likely N-dealkylation sites (tertiary alicyclic amines) is 1. The largest absolute Gasteiger partial charge is 0.489 e. The second kappa shape index (κ2) is 17.9. The summed E-state index contributed by atoms with van der Waals surface area (Å²) in [4.78, 5) is 22.8. The second-order valence-electron chi connectivity index (χ2n) is 18.7. The molecule has 0 unspecified atom stereocenters. The number of aromatic nitrogens is 7. The van der Waals surface area contributed by atoms with Crippen LogP contribution in [0.3, 0.4) is 0 Å². The third kappa shape index (κ3) is 8.81. The molecule has 1 amide bonds. The summed E-state index contributed by atoms with van der Waals surface area (Å²) in [5.74, 6) is 1.45. The number of aliphatic hydroxyl groups excluding tert-OH is 2. The molecule has 5 aromatic rings. The van der Waals surface area contributed by atoms with E-state index in [9.17, 15) is 23.8 Å². The van der Waals surface area contributed by atoms with Crippen LogP contribution in [0.4, 0.5) is 20.3 Å². The Bertz CT molecular complexity index is 2430. The number of morpholine rings is 1. The number of benzene rings is 1. The van der Waals surface area contributed by atoms with Crippen LogP contribution < -0.4 is 20.3 Å². The molecule has 19 heteroatoms. The molecule has 4 N–H and O–H groups in total. The summed E-state index contributed by atoms with van der Waals surface area (Å²) >= 11 is 0. The Kier molecular flexibility index (Phi) is 12.1. The lowest BCUT2D eigenvalue weighted by Crippen LogP contribution is -2.52. The molecule has 2 saturated carbocycles. The van der Waals surface area contributed by atoms with Crippen LogP contribution in [0.15, 0.2) is 42.9 Å². The highest BCUT2D eigenvalue weighted by molar-refractivity contribution is 6.08. The number of hydrogen-bond acceptors (Lipinski definition) is 13. The predicted molar refractivity (Wildman–Crippen MR) is 233 cm³/mol. The third-order valence-electron chi connectivity index (χ3n) is 14.1. The van der Waals surface area contributed by atoms with Crippen molar-refractivity contribution in [2.75, 3.05) is 56.2 Å². The van der Waals surface area contributed by atoms with Gasteiger partial charge in [-0.25, -0.2) is 18.3 Å². The predicted octanol–water partition coefficient (Wildman–Crippen LogP) is 5.38. The molecular weight excluding hydrogens is 829 g/mol. The van der Waals surface area contributed by atoms with Crippen LogP contribution >= 0.6 is 0 Å². The summed E-state index contributed by atoms with van der Waals surface area (Å²) < 4.78 is 52.3. The number of ether oxygens (including phenoxy) is 3. The minimum Gasteiger partial charge on any atom is -0.489 e. The van der Waals surface area contributed by atoms with Crippen LogP contribution in [0.1, 0.15) is 111 Å². The topological polar surface area (TPSA) is 182 Å². The van der Waals surface area contributed by atoms with E-state index in [2.05, 4.69) is 42.5 Å². The molecule has 17 nitrogen and oxygen atoms in total. The van der Waals surface area contributed by atoms with E-state index in [1.54, 1.807) is 17.1 Å². The van der Waals surface area contributed by atoms with E-state index in [-0.39, 0.29) is 41.1 Å². The van der Waals surface area contributed by atoms with E-state index in [4.69, 9.17) is 19.3 Å². The first-order chi connectivity index (χ1) is 31.0. The maximum absolute atomic E-state index is 14.3. The fraction of sp³-hybridized carbons (Fsp3) is 0.622. The minimum absolute atomic E-state index is 0.00365. The number of hydrogen-bond donors (Lipinski definition) is 4. The number of rotatable bonds is 12. The third-order valence-corrected chi connectivity index (χ3v) is 14.1. The lowest BCUT2D eigenvalue weighted by Gasteiger charge is -2.47. The second-order valence-corrected chi connectivity index (χ2v) is 18.7. The van der Waals surface area contributed by atoms with Crippen LogP contribution in [0.25, 0.3) is 16.6 Å². The summed E-state index contributed by atoms with van der Waals surface area (Å²) in [7, 11) is 0. The summed E-state index contributed by atoms with van der Waals surface area (Å²) in [5.41, 5.74) is 1.62. The van der Waals surface area contributed by atoms with Crippen molar-refractivity contribution in [3.05, 3.63) is 59.8 Å². The number of amides is 1. The molecule has 7 heterocycles. The molecule has 0 radical (unpaired) electrons. The number of alkyl halides is 2. The average molecular weight is 888 g/mol. The standard InChI is InChI=1S/C45H59F2N11O6/c1-27-39-34(58(52-27)35-10-11-38(59)51-44(35)61)4-3-5-36(39)63-31-22-45(2,23-31)64-30-12-15-54(16-13-30)25-28-6-8-29(9-7-28)57-26-33(40(53-57)41(46)47)49-43(60)32-24-48-56-17-14-37(50-42(32)56)55-18-20-62-21-19-55/h3-5,14,17,24,26,28-31,35,38,41,44,51,59,61H,6-13,15-16,18-23,25H2,1-2H3,(H,49,60)/t28?,29?,31?,35-,38-,44-,45?/m1/s1. The van der Waals surface area contributed by atoms with Crippen LogP contribution in [-0.4, -0.2) is 131 Å². The number of fused-ring (bicyclic) bond motifs is 2. The Morgan fingerprint density at radius 1 is 1.00 bits per heavy atom. The molecule has 3 aliphatic heterocycles. The summed E-state index contributed by atoms with van der Waals surface area (Å²) in [5, 5.41) is 40.4. The summed E-state index contributed by atoms with van der Waals surface area (Å²) in [6.07, 6.45) is 8.81. The van der Waals surface area contributed by atoms with E-state index in [0.717, 1.165) is 93.3 Å². The molecule has 344 valence electrons. The van der Waals surface area contributed by atoms with Crippen LogP contribution in [0.2, 0.25) is 0 Å². The van der Waals surface area contributed by atoms with Crippen molar-refractivity contribution < 1.29 is 38.0 Å². The molecule has 4 aromatic heterocycles. The van der Waals surface area contributed by atoms with Crippen LogP contribution in [-0.2, 0) is 9.47 Å². The molecule has 3 saturated heterocycles. The van der Waals surface area contributed by atoms with Gasteiger partial charge in [-0.3, -0.25) is 19.5 Å². The Labute approximate surface area is 370 Å². The average Bonchev–Trinajstić information content (AvgIpc) is 4.00. The maximum atomic E-state index is 14.3. The lowest BCUT2D eigenvalue weighted by molar-refractivity contribution is -0.175. The number of piperidine rings is 2. The van der Waals surface area contributed by atoms with Gasteiger partial charge in [0.15, 0.2) is 11.3 Å². The van der Waals surface area contributed by atoms with Crippen LogP contribution in [0, 0.1) is 12.8 Å². The van der Waals surface area contributed by atoms with E-state index in [0.29, 0.717) is 56.5 Å². The number of anilines is 2. The Hall–Kier alpha value is -4.79. The maximum Gasteiger partial charge on any atom is 0.284 e. The first-order valence-electron chi connectivity index (χ1n) is 23.0. The van der Waals surface area contributed by atoms with Gasteiger partial charge < -0.3 is 39.5 Å². The monoisotopic (exact) mass is 887 g/mol. The highest BCUT2D eigenvalue weighted by Gasteiger charge is 2.45. The number of nitrogens with zero attached hydrogens (tertiary/aromatic N) is 9. The molecule has 0 bridgehead atoms. The van der Waals surface area contributed by atoms with E-state index in [1.165, 1.54) is 10.7 Å². The van der Waals surface area contributed by atoms with Crippen molar-refractivity contribution in [2.45, 2.75) is 127 Å². The van der Waals surface area contributed by atoms with Crippen molar-refractivity contribution in [3.63, 3.8) is 0 Å². The SMILES string of the molecule is Cc1nn([C@@H]2CC[C@@H](O)N[C@@H]2O)c2cccc(OC3CC(C)(OC4CCN(CC5CCC(n6cc(NC(=O)c7cnn8ccc(N9CCOCC9)nc78)c(C(F)F)n6)CC5)CC4)C3)c12. The molecule has 3 atom stereocenters. The molecule has 0 spiro atoms. The quantitative estimate of drug-likeness (QED) is 0.126. The van der Waals surface area contributed by atoms with Crippen LogP contribution in [0.5, 0.6) is 5.75 Å². The van der Waals surface area contributed by atoms with Gasteiger partial charge in [0, 0.05) is 58.0 Å². The number of aliphatic hydroxyl groups is 2. The zero-order chi connectivity index (χ0) is 44.1. The van der Waals surface area contributed by atoms with Gasteiger partial charge in [0.1, 0.15) is 35.7 Å². The summed E-state index contributed by atoms with van der Waals surface area (Å²) in [6.45, 7) is 9.67. The fourth-order valence-electron chi connectivity index (χ4n) is 10.7. The van der Waals surface area contributed by atoms with Gasteiger partial charge in [-0.1, -0.05) is 6.07 Å². The van der Waals surface area contributed by atoms with Crippen molar-refractivity contribution in [1.82, 2.24) is 44.4 Å². The highest BCUT2D eigenvalue weighted by atomic mass is 19.3. The van der Waals surface area contributed by atoms with Gasteiger partial charge in [-0.2, -0.15) is 15.3 Å². The van der Waals surface area contributed by atoms with Gasteiger partial charge in [0.25, 0.3) is 12.3 Å². The lowest BCUT2D eigenvalue weighted by atomic mass is 9.78. The normalized spacial score (nSPS) is 28.5. The van der Waals surface area contributed by atoms with Gasteiger partial charge in [-0.15, -0.1) is 0 Å². The number of carbonyl (C=O) groups excluding carboxylic acids is 1. The first kappa shape index (κ1) is 43.1. The number of nitrogens with one attached hydrogen (secondary N) is 2. The molecular formula is C45H59F2N11O6. The molecule has 5 fully saturated rings. The first-order valence-corrected chi connectivity index (χ1v) is 23.0. The number of carbonyl (C=O) groups is 1.